The molecule has 5 nitrogen and oxygen atoms in total. The van der Waals surface area contributed by atoms with Gasteiger partial charge in [-0.15, -0.1) is 0 Å². The van der Waals surface area contributed by atoms with Gasteiger partial charge in [-0.2, -0.15) is 5.26 Å². The smallest absolute Gasteiger partial charge is 0.283 e. The Kier molecular flexibility index (Phi) is 4.36. The van der Waals surface area contributed by atoms with Crippen LogP contribution in [0.3, 0.4) is 0 Å². The first-order valence-corrected chi connectivity index (χ1v) is 6.81. The molecule has 0 bridgehead atoms. The molecule has 2 rings (SSSR count). The number of Topliss-reactive ketones (excluding diaryl/α,β-unsaturated/α-hetero) is 1. The number of ketones is 1. The fourth-order valence-corrected chi connectivity index (χ4v) is 2.92. The molecule has 0 amide bonds. The first kappa shape index (κ1) is 14.8. The Balaban J connectivity index is 2.51. The third-order valence-electron chi connectivity index (χ3n) is 2.77. The molecular weight excluding hydrogens is 288 g/mol. The molecule has 2 aromatic carbocycles. The molecule has 0 N–H and O–H groups in total. The summed E-state index contributed by atoms with van der Waals surface area (Å²) in [6.45, 7) is 1.42. The number of rotatable bonds is 4. The minimum atomic E-state index is -0.468. The van der Waals surface area contributed by atoms with Gasteiger partial charge in [-0.05, 0) is 31.2 Å². The van der Waals surface area contributed by atoms with Gasteiger partial charge in [-0.3, -0.25) is 14.9 Å². The maximum absolute atomic E-state index is 11.6. The molecule has 104 valence electrons. The fourth-order valence-electron chi connectivity index (χ4n) is 1.78. The van der Waals surface area contributed by atoms with E-state index in [0.29, 0.717) is 20.9 Å². The van der Waals surface area contributed by atoms with Crippen LogP contribution in [-0.2, 0) is 0 Å². The summed E-state index contributed by atoms with van der Waals surface area (Å²) in [6, 6.07) is 13.0. The molecule has 0 saturated heterocycles. The second-order valence-electron chi connectivity index (χ2n) is 4.21. The lowest BCUT2D eigenvalue weighted by molar-refractivity contribution is -0.387. The molecule has 21 heavy (non-hydrogen) atoms. The van der Waals surface area contributed by atoms with Gasteiger partial charge in [-0.1, -0.05) is 23.9 Å². The summed E-state index contributed by atoms with van der Waals surface area (Å²) < 4.78 is 0. The van der Waals surface area contributed by atoms with Crippen LogP contribution in [0.15, 0.2) is 52.3 Å². The summed E-state index contributed by atoms with van der Waals surface area (Å²) in [4.78, 5) is 23.2. The lowest BCUT2D eigenvalue weighted by Gasteiger charge is -2.07. The highest BCUT2D eigenvalue weighted by molar-refractivity contribution is 7.99. The summed E-state index contributed by atoms with van der Waals surface area (Å²) in [5.74, 6) is -0.152. The van der Waals surface area contributed by atoms with Crippen molar-refractivity contribution in [3.63, 3.8) is 0 Å². The standard InChI is InChI=1S/C15H10N2O3S/c1-10(18)12-7-6-11(9-16)8-15(12)21-14-5-3-2-4-13(14)17(19)20/h2-8H,1H3. The quantitative estimate of drug-likeness (QED) is 0.486. The van der Waals surface area contributed by atoms with Crippen molar-refractivity contribution in [3.05, 3.63) is 63.7 Å². The van der Waals surface area contributed by atoms with Gasteiger partial charge in [0.2, 0.25) is 0 Å². The van der Waals surface area contributed by atoms with Crippen LogP contribution in [0.4, 0.5) is 5.69 Å². The zero-order chi connectivity index (χ0) is 15.4. The minimum absolute atomic E-state index is 0.0284. The van der Waals surface area contributed by atoms with Crippen LogP contribution in [0, 0.1) is 21.4 Å². The number of carbonyl (C=O) groups excluding carboxylic acids is 1. The Labute approximate surface area is 125 Å². The maximum atomic E-state index is 11.6. The topological polar surface area (TPSA) is 84.0 Å². The largest absolute Gasteiger partial charge is 0.294 e. The van der Waals surface area contributed by atoms with Gasteiger partial charge in [0.05, 0.1) is 21.5 Å². The van der Waals surface area contributed by atoms with Gasteiger partial charge in [0.1, 0.15) is 0 Å². The Morgan fingerprint density at radius 3 is 2.57 bits per heavy atom. The number of nitrogens with zero attached hydrogens (tertiary/aromatic N) is 2. The number of nitro benzene ring substituents is 1. The Morgan fingerprint density at radius 2 is 1.95 bits per heavy atom. The molecular formula is C15H10N2O3S. The van der Waals surface area contributed by atoms with Crippen LogP contribution in [0.1, 0.15) is 22.8 Å². The highest BCUT2D eigenvalue weighted by atomic mass is 32.2. The van der Waals surface area contributed by atoms with Crippen molar-refractivity contribution in [2.45, 2.75) is 16.7 Å². The van der Waals surface area contributed by atoms with Crippen molar-refractivity contribution in [3.8, 4) is 6.07 Å². The van der Waals surface area contributed by atoms with Crippen molar-refractivity contribution in [2.75, 3.05) is 0 Å². The van der Waals surface area contributed by atoms with Gasteiger partial charge in [0, 0.05) is 16.5 Å². The van der Waals surface area contributed by atoms with E-state index < -0.39 is 4.92 Å². The summed E-state index contributed by atoms with van der Waals surface area (Å²) in [5, 5.41) is 20.0. The van der Waals surface area contributed by atoms with Crippen molar-refractivity contribution >= 4 is 23.2 Å². The van der Waals surface area contributed by atoms with Crippen molar-refractivity contribution < 1.29 is 9.72 Å². The van der Waals surface area contributed by atoms with Crippen LogP contribution >= 0.6 is 11.8 Å². The van der Waals surface area contributed by atoms with E-state index in [1.807, 2.05) is 6.07 Å². The van der Waals surface area contributed by atoms with Gasteiger partial charge >= 0.3 is 0 Å². The SMILES string of the molecule is CC(=O)c1ccc(C#N)cc1Sc1ccccc1[N+](=O)[O-]. The highest BCUT2D eigenvalue weighted by Crippen LogP contribution is 2.36. The normalized spacial score (nSPS) is 9.90. The van der Waals surface area contributed by atoms with E-state index in [-0.39, 0.29) is 11.5 Å². The fraction of sp³-hybridized carbons (Fsp3) is 0.0667. The lowest BCUT2D eigenvalue weighted by atomic mass is 10.1. The molecule has 0 aliphatic carbocycles. The van der Waals surface area contributed by atoms with E-state index >= 15 is 0 Å². The van der Waals surface area contributed by atoms with E-state index in [1.165, 1.54) is 13.0 Å². The number of hydrogen-bond donors (Lipinski definition) is 0. The van der Waals surface area contributed by atoms with Gasteiger partial charge < -0.3 is 0 Å². The van der Waals surface area contributed by atoms with E-state index in [0.717, 1.165) is 11.8 Å². The second kappa shape index (κ2) is 6.20. The van der Waals surface area contributed by atoms with Gasteiger partial charge in [-0.25, -0.2) is 0 Å². The Bertz CT molecular complexity index is 766. The summed E-state index contributed by atoms with van der Waals surface area (Å²) in [7, 11) is 0. The first-order chi connectivity index (χ1) is 10.0. The van der Waals surface area contributed by atoms with Gasteiger partial charge in [0.25, 0.3) is 5.69 Å². The van der Waals surface area contributed by atoms with Crippen molar-refractivity contribution in [1.29, 1.82) is 5.26 Å². The third-order valence-corrected chi connectivity index (χ3v) is 3.89. The molecule has 0 aliphatic heterocycles. The van der Waals surface area contributed by atoms with E-state index in [4.69, 9.17) is 5.26 Å². The molecule has 0 fully saturated rings. The summed E-state index contributed by atoms with van der Waals surface area (Å²) >= 11 is 1.11. The first-order valence-electron chi connectivity index (χ1n) is 5.99. The number of benzene rings is 2. The zero-order valence-corrected chi connectivity index (χ0v) is 11.9. The summed E-state index contributed by atoms with van der Waals surface area (Å²) in [5.41, 5.74) is 0.817. The molecule has 0 aromatic heterocycles. The third kappa shape index (κ3) is 3.27. The number of nitro groups is 1. The molecule has 2 aromatic rings. The lowest BCUT2D eigenvalue weighted by Crippen LogP contribution is -1.97. The van der Waals surface area contributed by atoms with Crippen LogP contribution in [0.5, 0.6) is 0 Å². The predicted octanol–water partition coefficient (Wildman–Crippen LogP) is 3.82. The maximum Gasteiger partial charge on any atom is 0.283 e. The monoisotopic (exact) mass is 298 g/mol. The van der Waals surface area contributed by atoms with Crippen LogP contribution in [0.25, 0.3) is 0 Å². The average Bonchev–Trinajstić information content (AvgIpc) is 2.47. The second-order valence-corrected chi connectivity index (χ2v) is 5.29. The predicted molar refractivity (Wildman–Crippen MR) is 78.4 cm³/mol. The Hall–Kier alpha value is -2.65. The molecule has 0 aliphatic rings. The number of hydrogen-bond acceptors (Lipinski definition) is 5. The van der Waals surface area contributed by atoms with Crippen LogP contribution in [-0.4, -0.2) is 10.7 Å². The van der Waals surface area contributed by atoms with Crippen LogP contribution in [0.2, 0.25) is 0 Å². The molecule has 0 spiro atoms. The van der Waals surface area contributed by atoms with E-state index in [1.54, 1.807) is 36.4 Å². The van der Waals surface area contributed by atoms with E-state index in [2.05, 4.69) is 0 Å². The molecule has 0 atom stereocenters. The molecule has 0 unspecified atom stereocenters. The zero-order valence-electron chi connectivity index (χ0n) is 11.1. The van der Waals surface area contributed by atoms with E-state index in [9.17, 15) is 14.9 Å². The molecule has 6 heteroatoms. The van der Waals surface area contributed by atoms with Crippen LogP contribution < -0.4 is 0 Å². The number of nitriles is 1. The van der Waals surface area contributed by atoms with Gasteiger partial charge in [0.15, 0.2) is 5.78 Å². The van der Waals surface area contributed by atoms with Crippen molar-refractivity contribution in [1.82, 2.24) is 0 Å². The summed E-state index contributed by atoms with van der Waals surface area (Å²) in [6.07, 6.45) is 0. The van der Waals surface area contributed by atoms with Crippen molar-refractivity contribution in [2.24, 2.45) is 0 Å². The Morgan fingerprint density at radius 1 is 1.24 bits per heavy atom. The molecule has 0 saturated carbocycles. The number of carbonyl (C=O) groups is 1. The molecule has 0 heterocycles. The average molecular weight is 298 g/mol. The molecule has 0 radical (unpaired) electrons. The minimum Gasteiger partial charge on any atom is -0.294 e. The highest BCUT2D eigenvalue weighted by Gasteiger charge is 2.16. The number of para-hydroxylation sites is 1.